The van der Waals surface area contributed by atoms with Gasteiger partial charge in [-0.25, -0.2) is 19.0 Å². The summed E-state index contributed by atoms with van der Waals surface area (Å²) in [5.41, 5.74) is 2.56. The number of nitrogens with one attached hydrogen (secondary N) is 3. The van der Waals surface area contributed by atoms with E-state index in [0.29, 0.717) is 5.69 Å². The van der Waals surface area contributed by atoms with Gasteiger partial charge in [0.15, 0.2) is 0 Å². The van der Waals surface area contributed by atoms with Crippen molar-refractivity contribution in [2.24, 2.45) is 5.84 Å². The predicted octanol–water partition coefficient (Wildman–Crippen LogP) is -0.508. The number of hydrogen-bond donors (Lipinski definition) is 4. The van der Waals surface area contributed by atoms with Crippen LogP contribution in [-0.2, 0) is 16.6 Å². The smallest absolute Gasteiger partial charge is 0.281 e. The number of nitrogens with zero attached hydrogens (tertiary/aromatic N) is 1. The number of carbonyl (C=O) groups is 1. The van der Waals surface area contributed by atoms with Gasteiger partial charge in [0, 0.05) is 12.4 Å². The number of sulfonamides is 1. The molecule has 0 unspecified atom stereocenters. The van der Waals surface area contributed by atoms with E-state index in [1.807, 2.05) is 5.43 Å². The number of aromatic nitrogens is 2. The zero-order chi connectivity index (χ0) is 14.6. The summed E-state index contributed by atoms with van der Waals surface area (Å²) in [6, 6.07) is 6.40. The molecule has 0 saturated carbocycles. The molecule has 2 rings (SSSR count). The maximum atomic E-state index is 12.0. The van der Waals surface area contributed by atoms with Gasteiger partial charge in [-0.2, -0.15) is 0 Å². The first-order valence-electron chi connectivity index (χ1n) is 5.62. The molecule has 20 heavy (non-hydrogen) atoms. The third-order valence-electron chi connectivity index (χ3n) is 2.51. The van der Waals surface area contributed by atoms with Gasteiger partial charge in [-0.3, -0.25) is 15.2 Å². The molecular weight excluding hydrogens is 282 g/mol. The van der Waals surface area contributed by atoms with Gasteiger partial charge in [-0.05, 0) is 18.2 Å². The summed E-state index contributed by atoms with van der Waals surface area (Å²) in [6.45, 7) is 0.0623. The molecule has 0 radical (unpaired) electrons. The monoisotopic (exact) mass is 295 g/mol. The van der Waals surface area contributed by atoms with Crippen LogP contribution >= 0.6 is 0 Å². The highest BCUT2D eigenvalue weighted by atomic mass is 32.2. The first-order chi connectivity index (χ1) is 9.53. The maximum Gasteiger partial charge on any atom is 0.281 e. The quantitative estimate of drug-likeness (QED) is 0.335. The lowest BCUT2D eigenvalue weighted by atomic mass is 10.4. The summed E-state index contributed by atoms with van der Waals surface area (Å²) in [5, 5.41) is 0. The van der Waals surface area contributed by atoms with E-state index in [2.05, 4.69) is 14.7 Å². The summed E-state index contributed by atoms with van der Waals surface area (Å²) in [6.07, 6.45) is 2.79. The molecule has 0 fully saturated rings. The number of hydrazine groups is 1. The van der Waals surface area contributed by atoms with Crippen LogP contribution in [0.25, 0.3) is 0 Å². The Bertz CT molecular complexity index is 696. The molecule has 9 heteroatoms. The van der Waals surface area contributed by atoms with Crippen LogP contribution < -0.4 is 16.0 Å². The zero-order valence-electron chi connectivity index (χ0n) is 10.3. The summed E-state index contributed by atoms with van der Waals surface area (Å²) in [5.74, 6) is 4.36. The number of nitrogens with two attached hydrogens (primary N) is 1. The molecule has 0 aliphatic carbocycles. The van der Waals surface area contributed by atoms with E-state index in [1.165, 1.54) is 12.3 Å². The predicted molar refractivity (Wildman–Crippen MR) is 70.7 cm³/mol. The molecule has 0 aromatic carbocycles. The van der Waals surface area contributed by atoms with Gasteiger partial charge in [0.25, 0.3) is 5.91 Å². The highest BCUT2D eigenvalue weighted by Crippen LogP contribution is 2.11. The molecular formula is C11H13N5O3S. The molecule has 5 N–H and O–H groups in total. The summed E-state index contributed by atoms with van der Waals surface area (Å²) >= 11 is 0. The van der Waals surface area contributed by atoms with Gasteiger partial charge in [0.2, 0.25) is 10.0 Å². The van der Waals surface area contributed by atoms with Crippen molar-refractivity contribution in [1.82, 2.24) is 20.1 Å². The largest absolute Gasteiger partial charge is 0.356 e. The maximum absolute atomic E-state index is 12.0. The average Bonchev–Trinajstić information content (AvgIpc) is 2.96. The second kappa shape index (κ2) is 5.82. The van der Waals surface area contributed by atoms with E-state index in [4.69, 9.17) is 5.84 Å². The summed E-state index contributed by atoms with van der Waals surface area (Å²) < 4.78 is 26.4. The number of nitrogen functional groups attached to an aromatic ring is 1. The molecule has 0 aliphatic heterocycles. The van der Waals surface area contributed by atoms with Crippen molar-refractivity contribution in [3.8, 4) is 0 Å². The molecule has 0 saturated heterocycles. The number of hydrogen-bond acceptors (Lipinski definition) is 5. The first kappa shape index (κ1) is 14.2. The van der Waals surface area contributed by atoms with Crippen molar-refractivity contribution < 1.29 is 13.2 Å². The van der Waals surface area contributed by atoms with Crippen LogP contribution in [0.5, 0.6) is 0 Å². The molecule has 0 spiro atoms. The fraction of sp³-hybridized carbons (Fsp3) is 0.0909. The van der Waals surface area contributed by atoms with Gasteiger partial charge in [0.05, 0.1) is 12.2 Å². The number of rotatable bonds is 5. The Morgan fingerprint density at radius 3 is 2.85 bits per heavy atom. The van der Waals surface area contributed by atoms with E-state index in [0.717, 1.165) is 0 Å². The Hall–Kier alpha value is -2.23. The lowest BCUT2D eigenvalue weighted by Crippen LogP contribution is -2.30. The number of amides is 1. The van der Waals surface area contributed by atoms with Crippen LogP contribution in [0.15, 0.2) is 41.6 Å². The van der Waals surface area contributed by atoms with Crippen molar-refractivity contribution >= 4 is 15.9 Å². The van der Waals surface area contributed by atoms with Crippen LogP contribution in [-0.4, -0.2) is 24.3 Å². The highest BCUT2D eigenvalue weighted by molar-refractivity contribution is 7.89. The van der Waals surface area contributed by atoms with Crippen molar-refractivity contribution in [3.05, 3.63) is 48.0 Å². The van der Waals surface area contributed by atoms with Crippen LogP contribution in [0.3, 0.4) is 0 Å². The number of pyridine rings is 1. The second-order valence-corrected chi connectivity index (χ2v) is 5.64. The Labute approximate surface area is 115 Å². The van der Waals surface area contributed by atoms with Gasteiger partial charge in [-0.15, -0.1) is 0 Å². The third-order valence-corrected chi connectivity index (χ3v) is 3.89. The standard InChI is InChI=1S/C11H13N5O3S/c12-16-11(17)10-5-9(7-14-10)20(18,19)15-6-8-3-1-2-4-13-8/h1-5,7,14-15H,6,12H2,(H,16,17). The van der Waals surface area contributed by atoms with E-state index in [-0.39, 0.29) is 17.1 Å². The topological polar surface area (TPSA) is 130 Å². The molecule has 1 amide bonds. The van der Waals surface area contributed by atoms with E-state index < -0.39 is 15.9 Å². The van der Waals surface area contributed by atoms with Crippen LogP contribution in [0.4, 0.5) is 0 Å². The zero-order valence-corrected chi connectivity index (χ0v) is 11.1. The fourth-order valence-corrected chi connectivity index (χ4v) is 2.49. The number of H-pyrrole nitrogens is 1. The van der Waals surface area contributed by atoms with Crippen molar-refractivity contribution in [3.63, 3.8) is 0 Å². The normalized spacial score (nSPS) is 11.2. The molecule has 0 aliphatic rings. The van der Waals surface area contributed by atoms with Crippen LogP contribution in [0.1, 0.15) is 16.2 Å². The average molecular weight is 295 g/mol. The van der Waals surface area contributed by atoms with Crippen LogP contribution in [0, 0.1) is 0 Å². The minimum Gasteiger partial charge on any atom is -0.356 e. The Morgan fingerprint density at radius 1 is 1.40 bits per heavy atom. The van der Waals surface area contributed by atoms with Gasteiger partial charge in [-0.1, -0.05) is 6.07 Å². The molecule has 2 aromatic heterocycles. The van der Waals surface area contributed by atoms with E-state index in [1.54, 1.807) is 24.4 Å². The van der Waals surface area contributed by atoms with Gasteiger partial charge in [0.1, 0.15) is 10.6 Å². The minimum absolute atomic E-state index is 0.0490. The molecule has 2 aromatic rings. The molecule has 106 valence electrons. The second-order valence-electron chi connectivity index (χ2n) is 3.87. The Balaban J connectivity index is 2.10. The van der Waals surface area contributed by atoms with Crippen LogP contribution in [0.2, 0.25) is 0 Å². The van der Waals surface area contributed by atoms with Crippen molar-refractivity contribution in [2.45, 2.75) is 11.4 Å². The van der Waals surface area contributed by atoms with Gasteiger partial charge < -0.3 is 4.98 Å². The molecule has 8 nitrogen and oxygen atoms in total. The fourth-order valence-electron chi connectivity index (χ4n) is 1.49. The third kappa shape index (κ3) is 3.20. The summed E-state index contributed by atoms with van der Waals surface area (Å²) in [4.78, 5) is 17.7. The van der Waals surface area contributed by atoms with Crippen molar-refractivity contribution in [2.75, 3.05) is 0 Å². The lowest BCUT2D eigenvalue weighted by molar-refractivity contribution is 0.0949. The minimum atomic E-state index is -3.72. The van der Waals surface area contributed by atoms with Crippen molar-refractivity contribution in [1.29, 1.82) is 0 Å². The Morgan fingerprint density at radius 2 is 2.20 bits per heavy atom. The molecule has 0 atom stereocenters. The lowest BCUT2D eigenvalue weighted by Gasteiger charge is -2.03. The highest BCUT2D eigenvalue weighted by Gasteiger charge is 2.18. The Kier molecular flexibility index (Phi) is 4.13. The van der Waals surface area contributed by atoms with E-state index >= 15 is 0 Å². The van der Waals surface area contributed by atoms with E-state index in [9.17, 15) is 13.2 Å². The molecule has 0 bridgehead atoms. The first-order valence-corrected chi connectivity index (χ1v) is 7.10. The number of aromatic amines is 1. The summed E-state index contributed by atoms with van der Waals surface area (Å²) in [7, 11) is -3.72. The van der Waals surface area contributed by atoms with Gasteiger partial charge >= 0.3 is 0 Å². The SMILES string of the molecule is NNC(=O)c1cc(S(=O)(=O)NCc2ccccn2)c[nH]1. The number of carbonyl (C=O) groups excluding carboxylic acids is 1. The molecule has 2 heterocycles.